The number of rotatable bonds is 1. The van der Waals surface area contributed by atoms with Crippen LogP contribution in [0.15, 0.2) is 24.3 Å². The minimum atomic E-state index is 0.734. The van der Waals surface area contributed by atoms with Crippen LogP contribution in [0.5, 0.6) is 0 Å². The predicted octanol–water partition coefficient (Wildman–Crippen LogP) is 3.20. The Kier molecular flexibility index (Phi) is 2.30. The molecule has 2 nitrogen and oxygen atoms in total. The monoisotopic (exact) mass is 215 g/mol. The summed E-state index contributed by atoms with van der Waals surface area (Å²) in [5.41, 5.74) is 1.01. The highest BCUT2D eigenvalue weighted by Crippen LogP contribution is 2.19. The summed E-state index contributed by atoms with van der Waals surface area (Å²) in [6.45, 7) is 0. The van der Waals surface area contributed by atoms with Gasteiger partial charge in [-0.2, -0.15) is 0 Å². The predicted molar refractivity (Wildman–Crippen MR) is 52.6 cm³/mol. The van der Waals surface area contributed by atoms with Crippen molar-refractivity contribution in [3.05, 3.63) is 29.3 Å². The summed E-state index contributed by atoms with van der Waals surface area (Å²) in [5, 5.41) is 0.734. The van der Waals surface area contributed by atoms with Gasteiger partial charge in [-0.05, 0) is 24.3 Å². The number of benzene rings is 1. The first kappa shape index (κ1) is 8.04. The van der Waals surface area contributed by atoms with Crippen LogP contribution in [0.25, 0.3) is 11.4 Å². The van der Waals surface area contributed by atoms with E-state index in [-0.39, 0.29) is 0 Å². The molecule has 5 heteroatoms. The topological polar surface area (TPSA) is 25.8 Å². The third-order valence-corrected chi connectivity index (χ3v) is 2.84. The van der Waals surface area contributed by atoms with E-state index in [0.717, 1.165) is 16.4 Å². The van der Waals surface area contributed by atoms with Crippen LogP contribution in [0, 0.1) is 0 Å². The zero-order valence-corrected chi connectivity index (χ0v) is 8.29. The number of nitrogens with zero attached hydrogens (tertiary/aromatic N) is 2. The van der Waals surface area contributed by atoms with Crippen LogP contribution in [0.3, 0.4) is 0 Å². The van der Waals surface area contributed by atoms with E-state index in [1.54, 1.807) is 0 Å². The van der Waals surface area contributed by atoms with Gasteiger partial charge in [0, 0.05) is 10.6 Å². The lowest BCUT2D eigenvalue weighted by Crippen LogP contribution is -1.77. The fourth-order valence-corrected chi connectivity index (χ4v) is 2.13. The normalized spacial score (nSPS) is 10.1. The van der Waals surface area contributed by atoms with Gasteiger partial charge < -0.3 is 0 Å². The van der Waals surface area contributed by atoms with Crippen molar-refractivity contribution >= 4 is 32.7 Å². The van der Waals surface area contributed by atoms with Gasteiger partial charge in [0.2, 0.25) is 5.82 Å². The van der Waals surface area contributed by atoms with Gasteiger partial charge in [0.25, 0.3) is 0 Å². The molecule has 0 aliphatic rings. The van der Waals surface area contributed by atoms with Gasteiger partial charge in [0.15, 0.2) is 0 Å². The summed E-state index contributed by atoms with van der Waals surface area (Å²) < 4.78 is 8.24. The fraction of sp³-hybridized carbons (Fsp3) is 0. The molecule has 0 aliphatic heterocycles. The highest BCUT2D eigenvalue weighted by molar-refractivity contribution is 7.64. The van der Waals surface area contributed by atoms with E-state index in [2.05, 4.69) is 8.75 Å². The molecular formula is C7H4ClN2S2+. The summed E-state index contributed by atoms with van der Waals surface area (Å²) in [6.07, 6.45) is 0. The second kappa shape index (κ2) is 3.43. The third-order valence-electron chi connectivity index (χ3n) is 1.38. The van der Waals surface area contributed by atoms with E-state index in [1.165, 1.54) is 21.1 Å². The van der Waals surface area contributed by atoms with Crippen molar-refractivity contribution in [3.8, 4) is 11.4 Å². The molecule has 2 rings (SSSR count). The second-order valence-corrected chi connectivity index (χ2v) is 4.16. The Labute approximate surface area is 82.2 Å². The maximum absolute atomic E-state index is 5.74. The molecule has 12 heavy (non-hydrogen) atoms. The molecule has 1 aromatic carbocycles. The Morgan fingerprint density at radius 2 is 2.00 bits per heavy atom. The number of halogens is 1. The van der Waals surface area contributed by atoms with E-state index >= 15 is 0 Å². The summed E-state index contributed by atoms with van der Waals surface area (Å²) in [5.74, 6) is 0.779. The lowest BCUT2D eigenvalue weighted by Gasteiger charge is -1.91. The van der Waals surface area contributed by atoms with E-state index in [1.807, 2.05) is 24.3 Å². The van der Waals surface area contributed by atoms with Crippen molar-refractivity contribution in [2.75, 3.05) is 0 Å². The van der Waals surface area contributed by atoms with Crippen molar-refractivity contribution in [2.45, 2.75) is 0 Å². The number of aromatic nitrogens is 2. The van der Waals surface area contributed by atoms with Gasteiger partial charge in [0.1, 0.15) is 0 Å². The Morgan fingerprint density at radius 1 is 1.25 bits per heavy atom. The molecule has 0 unspecified atom stereocenters. The second-order valence-electron chi connectivity index (χ2n) is 2.16. The van der Waals surface area contributed by atoms with E-state index in [9.17, 15) is 0 Å². The van der Waals surface area contributed by atoms with Crippen LogP contribution in [0.4, 0.5) is 0 Å². The van der Waals surface area contributed by atoms with E-state index in [0.29, 0.717) is 0 Å². The van der Waals surface area contributed by atoms with Gasteiger partial charge in [0.05, 0.1) is 4.37 Å². The Morgan fingerprint density at radius 3 is 2.58 bits per heavy atom. The zero-order chi connectivity index (χ0) is 8.39. The molecular weight excluding hydrogens is 212 g/mol. The first-order chi connectivity index (χ1) is 5.86. The Hall–Kier alpha value is -0.580. The van der Waals surface area contributed by atoms with Crippen LogP contribution in [0.1, 0.15) is 0 Å². The first-order valence-electron chi connectivity index (χ1n) is 3.24. The molecule has 1 aromatic heterocycles. The average Bonchev–Trinajstić information content (AvgIpc) is 2.58. The van der Waals surface area contributed by atoms with Crippen molar-refractivity contribution in [3.63, 3.8) is 0 Å². The quantitative estimate of drug-likeness (QED) is 0.539. The van der Waals surface area contributed by atoms with Gasteiger partial charge >= 0.3 is 21.1 Å². The minimum absolute atomic E-state index is 0.734. The average molecular weight is 216 g/mol. The lowest BCUT2D eigenvalue weighted by molar-refractivity contribution is 1.39. The standard InChI is InChI=1S/C7H4ClN2S2/c8-6-3-1-5(2-4-6)7-9-11-12-10-7/h1-4H/q+1. The van der Waals surface area contributed by atoms with Crippen LogP contribution in [-0.4, -0.2) is 8.75 Å². The molecule has 0 saturated carbocycles. The largest absolute Gasteiger partial charge is 0.462 e. The molecule has 0 N–H and O–H groups in total. The highest BCUT2D eigenvalue weighted by Gasteiger charge is 2.08. The van der Waals surface area contributed by atoms with Crippen molar-refractivity contribution in [1.29, 1.82) is 0 Å². The molecule has 0 aliphatic carbocycles. The Bertz CT molecular complexity index is 357. The Balaban J connectivity index is 2.43. The minimum Gasteiger partial charge on any atom is -0.112 e. The molecule has 0 spiro atoms. The number of hydrogen-bond donors (Lipinski definition) is 0. The van der Waals surface area contributed by atoms with E-state index in [4.69, 9.17) is 11.6 Å². The summed E-state index contributed by atoms with van der Waals surface area (Å²) >= 11 is 5.74. The molecule has 0 saturated heterocycles. The zero-order valence-electron chi connectivity index (χ0n) is 5.90. The van der Waals surface area contributed by atoms with Crippen molar-refractivity contribution < 1.29 is 0 Å². The third kappa shape index (κ3) is 1.60. The SMILES string of the molecule is Clc1ccc(-c2ns[s+]n2)cc1. The molecule has 1 heterocycles. The highest BCUT2D eigenvalue weighted by atomic mass is 35.5. The molecule has 0 atom stereocenters. The molecule has 60 valence electrons. The van der Waals surface area contributed by atoms with E-state index < -0.39 is 0 Å². The molecule has 0 radical (unpaired) electrons. The molecule has 0 amide bonds. The molecule has 0 bridgehead atoms. The van der Waals surface area contributed by atoms with Crippen LogP contribution >= 0.6 is 32.7 Å². The summed E-state index contributed by atoms with van der Waals surface area (Å²) in [7, 11) is 2.77. The van der Waals surface area contributed by atoms with Crippen LogP contribution < -0.4 is 0 Å². The van der Waals surface area contributed by atoms with Gasteiger partial charge in [-0.3, -0.25) is 0 Å². The van der Waals surface area contributed by atoms with Gasteiger partial charge in [-0.25, -0.2) is 0 Å². The maximum atomic E-state index is 5.74. The van der Waals surface area contributed by atoms with Crippen LogP contribution in [0.2, 0.25) is 5.02 Å². The van der Waals surface area contributed by atoms with Crippen molar-refractivity contribution in [1.82, 2.24) is 8.75 Å². The summed E-state index contributed by atoms with van der Waals surface area (Å²) in [6, 6.07) is 7.50. The smallest absolute Gasteiger partial charge is 0.112 e. The van der Waals surface area contributed by atoms with Crippen molar-refractivity contribution in [2.24, 2.45) is 0 Å². The first-order valence-corrected chi connectivity index (χ1v) is 5.68. The lowest BCUT2D eigenvalue weighted by atomic mass is 10.2. The number of hydrogen-bond acceptors (Lipinski definition) is 3. The van der Waals surface area contributed by atoms with Gasteiger partial charge in [-0.15, -0.1) is 4.37 Å². The molecule has 0 fully saturated rings. The maximum Gasteiger partial charge on any atom is 0.462 e. The molecule has 2 aromatic rings. The fourth-order valence-electron chi connectivity index (χ4n) is 0.825. The summed E-state index contributed by atoms with van der Waals surface area (Å²) in [4.78, 5) is 0. The van der Waals surface area contributed by atoms with Crippen LogP contribution in [-0.2, 0) is 0 Å². The van der Waals surface area contributed by atoms with Gasteiger partial charge in [-0.1, -0.05) is 11.6 Å².